The molecule has 0 fully saturated rings. The minimum atomic E-state index is -0.289. The first kappa shape index (κ1) is 9.30. The third-order valence-corrected chi connectivity index (χ3v) is 1.14. The zero-order valence-corrected chi connectivity index (χ0v) is 6.39. The van der Waals surface area contributed by atoms with Gasteiger partial charge in [0.1, 0.15) is 12.1 Å². The Bertz CT molecular complexity index is 123. The highest BCUT2D eigenvalue weighted by Crippen LogP contribution is 1.88. The number of aldehydes is 1. The van der Waals surface area contributed by atoms with E-state index in [0.29, 0.717) is 6.42 Å². The molecular formula is C7H13NO2. The predicted octanol–water partition coefficient (Wildman–Crippen LogP) is 0.143. The Morgan fingerprint density at radius 1 is 1.70 bits per heavy atom. The molecule has 0 radical (unpaired) electrons. The molecule has 0 heterocycles. The normalized spacial score (nSPS) is 12.6. The van der Waals surface area contributed by atoms with Crippen LogP contribution in [0.25, 0.3) is 0 Å². The van der Waals surface area contributed by atoms with Crippen LogP contribution in [0, 0.1) is 0 Å². The summed E-state index contributed by atoms with van der Waals surface area (Å²) in [6.45, 7) is 4.10. The molecule has 58 valence electrons. The first-order valence-electron chi connectivity index (χ1n) is 3.38. The van der Waals surface area contributed by atoms with E-state index in [1.165, 1.54) is 6.92 Å². The lowest BCUT2D eigenvalue weighted by molar-refractivity contribution is -0.120. The Morgan fingerprint density at radius 2 is 2.30 bits per heavy atom. The number of nitrogens with one attached hydrogen (secondary N) is 1. The second-order valence-corrected chi connectivity index (χ2v) is 2.21. The Balaban J connectivity index is 3.59. The van der Waals surface area contributed by atoms with Crippen molar-refractivity contribution in [3.8, 4) is 0 Å². The van der Waals surface area contributed by atoms with Gasteiger partial charge in [-0.05, 0) is 13.5 Å². The first-order valence-corrected chi connectivity index (χ1v) is 3.38. The third-order valence-electron chi connectivity index (χ3n) is 1.14. The fraction of sp³-hybridized carbons (Fsp3) is 0.714. The van der Waals surface area contributed by atoms with E-state index in [4.69, 9.17) is 0 Å². The summed E-state index contributed by atoms with van der Waals surface area (Å²) >= 11 is 0. The number of rotatable bonds is 5. The summed E-state index contributed by atoms with van der Waals surface area (Å²) in [5.74, 6) is 0.0399. The van der Waals surface area contributed by atoms with Crippen molar-refractivity contribution in [2.75, 3.05) is 6.54 Å². The molecule has 1 unspecified atom stereocenters. The van der Waals surface area contributed by atoms with Crippen LogP contribution in [-0.2, 0) is 9.59 Å². The largest absolute Gasteiger partial charge is 0.308 e. The van der Waals surface area contributed by atoms with Gasteiger partial charge in [-0.3, -0.25) is 4.79 Å². The van der Waals surface area contributed by atoms with Gasteiger partial charge in [0.25, 0.3) is 0 Å². The molecule has 0 aliphatic rings. The van der Waals surface area contributed by atoms with Crippen LogP contribution >= 0.6 is 0 Å². The van der Waals surface area contributed by atoms with Crippen LogP contribution in [0.4, 0.5) is 0 Å². The van der Waals surface area contributed by atoms with Crippen molar-refractivity contribution in [3.05, 3.63) is 0 Å². The number of carbonyl (C=O) groups is 2. The summed E-state index contributed by atoms with van der Waals surface area (Å²) in [5, 5.41) is 2.87. The molecule has 3 heteroatoms. The van der Waals surface area contributed by atoms with E-state index < -0.39 is 0 Å². The van der Waals surface area contributed by atoms with E-state index in [-0.39, 0.29) is 11.8 Å². The molecule has 1 atom stereocenters. The quantitative estimate of drug-likeness (QED) is 0.557. The molecule has 0 aromatic heterocycles. The van der Waals surface area contributed by atoms with E-state index in [0.717, 1.165) is 12.8 Å². The molecule has 0 rings (SSSR count). The Labute approximate surface area is 60.8 Å². The number of hydrogen-bond acceptors (Lipinski definition) is 3. The molecule has 3 nitrogen and oxygen atoms in total. The van der Waals surface area contributed by atoms with E-state index >= 15 is 0 Å². The van der Waals surface area contributed by atoms with Gasteiger partial charge in [-0.2, -0.15) is 0 Å². The topological polar surface area (TPSA) is 46.2 Å². The van der Waals surface area contributed by atoms with E-state index in [9.17, 15) is 9.59 Å². The maximum absolute atomic E-state index is 10.5. The fourth-order valence-electron chi connectivity index (χ4n) is 0.740. The molecule has 0 aromatic rings. The van der Waals surface area contributed by atoms with Crippen molar-refractivity contribution in [2.24, 2.45) is 0 Å². The summed E-state index contributed by atoms with van der Waals surface area (Å²) in [6.07, 6.45) is 1.07. The molecular weight excluding hydrogens is 130 g/mol. The number of carbonyl (C=O) groups excluding carboxylic acids is 2. The second kappa shape index (κ2) is 5.11. The molecule has 0 aliphatic heterocycles. The van der Waals surface area contributed by atoms with Gasteiger partial charge in [0.05, 0.1) is 6.04 Å². The van der Waals surface area contributed by atoms with E-state index in [1.807, 2.05) is 6.92 Å². The lowest BCUT2D eigenvalue weighted by atomic mass is 10.2. The van der Waals surface area contributed by atoms with Crippen molar-refractivity contribution < 1.29 is 9.59 Å². The summed E-state index contributed by atoms with van der Waals surface area (Å²) in [4.78, 5) is 20.7. The van der Waals surface area contributed by atoms with Gasteiger partial charge >= 0.3 is 0 Å². The van der Waals surface area contributed by atoms with Crippen LogP contribution in [0.5, 0.6) is 0 Å². The Hall–Kier alpha value is -0.700. The SMILES string of the molecule is CCNC(C=O)CC(C)=O. The van der Waals surface area contributed by atoms with Crippen LogP contribution in [0.1, 0.15) is 20.3 Å². The predicted molar refractivity (Wildman–Crippen MR) is 38.8 cm³/mol. The van der Waals surface area contributed by atoms with Crippen molar-refractivity contribution >= 4 is 12.1 Å². The third kappa shape index (κ3) is 4.21. The molecule has 10 heavy (non-hydrogen) atoms. The van der Waals surface area contributed by atoms with Crippen molar-refractivity contribution in [3.63, 3.8) is 0 Å². The van der Waals surface area contributed by atoms with Crippen LogP contribution in [0.3, 0.4) is 0 Å². The number of hydrogen-bond donors (Lipinski definition) is 1. The van der Waals surface area contributed by atoms with Crippen molar-refractivity contribution in [2.45, 2.75) is 26.3 Å². The maximum Gasteiger partial charge on any atom is 0.137 e. The Morgan fingerprint density at radius 3 is 2.60 bits per heavy atom. The minimum Gasteiger partial charge on any atom is -0.308 e. The standard InChI is InChI=1S/C7H13NO2/c1-3-8-7(5-9)4-6(2)10/h5,7-8H,3-4H2,1-2H3. The fourth-order valence-corrected chi connectivity index (χ4v) is 0.740. The van der Waals surface area contributed by atoms with Crippen LogP contribution in [0.2, 0.25) is 0 Å². The molecule has 0 saturated heterocycles. The molecule has 1 N–H and O–H groups in total. The summed E-state index contributed by atoms with van der Waals surface area (Å²) in [5.41, 5.74) is 0. The maximum atomic E-state index is 10.5. The lowest BCUT2D eigenvalue weighted by Crippen LogP contribution is -2.31. The highest BCUT2D eigenvalue weighted by atomic mass is 16.1. The minimum absolute atomic E-state index is 0.0399. The van der Waals surface area contributed by atoms with Gasteiger partial charge < -0.3 is 10.1 Å². The molecule has 0 bridgehead atoms. The molecule has 0 aliphatic carbocycles. The van der Waals surface area contributed by atoms with Crippen LogP contribution in [0.15, 0.2) is 0 Å². The van der Waals surface area contributed by atoms with Crippen LogP contribution < -0.4 is 5.32 Å². The smallest absolute Gasteiger partial charge is 0.137 e. The first-order chi connectivity index (χ1) is 4.70. The van der Waals surface area contributed by atoms with Gasteiger partial charge in [-0.1, -0.05) is 6.92 Å². The van der Waals surface area contributed by atoms with Gasteiger partial charge in [0.2, 0.25) is 0 Å². The number of Topliss-reactive ketones (excluding diaryl/α,β-unsaturated/α-hetero) is 1. The molecule has 0 saturated carbocycles. The van der Waals surface area contributed by atoms with Gasteiger partial charge in [-0.25, -0.2) is 0 Å². The van der Waals surface area contributed by atoms with Crippen molar-refractivity contribution in [1.29, 1.82) is 0 Å². The Kier molecular flexibility index (Phi) is 4.76. The van der Waals surface area contributed by atoms with Crippen LogP contribution in [-0.4, -0.2) is 24.7 Å². The van der Waals surface area contributed by atoms with E-state index in [2.05, 4.69) is 5.32 Å². The molecule has 0 aromatic carbocycles. The zero-order chi connectivity index (χ0) is 7.98. The van der Waals surface area contributed by atoms with Gasteiger partial charge in [0, 0.05) is 6.42 Å². The average molecular weight is 143 g/mol. The molecule has 0 amide bonds. The lowest BCUT2D eigenvalue weighted by Gasteiger charge is -2.06. The molecule has 0 spiro atoms. The monoisotopic (exact) mass is 143 g/mol. The average Bonchev–Trinajstić information content (AvgIpc) is 1.86. The van der Waals surface area contributed by atoms with Gasteiger partial charge in [0.15, 0.2) is 0 Å². The van der Waals surface area contributed by atoms with E-state index in [1.54, 1.807) is 0 Å². The number of ketones is 1. The van der Waals surface area contributed by atoms with Gasteiger partial charge in [-0.15, -0.1) is 0 Å². The summed E-state index contributed by atoms with van der Waals surface area (Å²) in [7, 11) is 0. The zero-order valence-electron chi connectivity index (χ0n) is 6.39. The summed E-state index contributed by atoms with van der Waals surface area (Å²) in [6, 6.07) is -0.289. The van der Waals surface area contributed by atoms with Crippen molar-refractivity contribution in [1.82, 2.24) is 5.32 Å². The highest BCUT2D eigenvalue weighted by molar-refractivity contribution is 5.79. The second-order valence-electron chi connectivity index (χ2n) is 2.21. The summed E-state index contributed by atoms with van der Waals surface area (Å²) < 4.78 is 0. The number of likely N-dealkylation sites (N-methyl/N-ethyl adjacent to an activating group) is 1. The highest BCUT2D eigenvalue weighted by Gasteiger charge is 2.06.